The standard InChI is InChI=1S/C15H22N4OS/c1-16-15(17-10-12-6-5-9-21-12)18-11-13(19(2)3)14-7-4-8-20-14/h4-9,13H,10-11H2,1-3H3,(H2,16,17,18). The van der Waals surface area contributed by atoms with Crippen molar-refractivity contribution in [1.29, 1.82) is 0 Å². The minimum Gasteiger partial charge on any atom is -0.468 e. The highest BCUT2D eigenvalue weighted by Gasteiger charge is 2.17. The smallest absolute Gasteiger partial charge is 0.191 e. The molecule has 0 aliphatic rings. The summed E-state index contributed by atoms with van der Waals surface area (Å²) in [5.74, 6) is 1.74. The van der Waals surface area contributed by atoms with E-state index >= 15 is 0 Å². The van der Waals surface area contributed by atoms with Crippen molar-refractivity contribution in [2.45, 2.75) is 12.6 Å². The maximum absolute atomic E-state index is 5.50. The van der Waals surface area contributed by atoms with Crippen LogP contribution in [0, 0.1) is 0 Å². The Morgan fingerprint density at radius 1 is 1.33 bits per heavy atom. The number of nitrogens with zero attached hydrogens (tertiary/aromatic N) is 2. The molecule has 1 unspecified atom stereocenters. The Bertz CT molecular complexity index is 534. The minimum atomic E-state index is 0.167. The highest BCUT2D eigenvalue weighted by molar-refractivity contribution is 7.09. The van der Waals surface area contributed by atoms with E-state index in [4.69, 9.17) is 4.42 Å². The lowest BCUT2D eigenvalue weighted by Crippen LogP contribution is -2.41. The zero-order valence-corrected chi connectivity index (χ0v) is 13.5. The van der Waals surface area contributed by atoms with E-state index in [1.165, 1.54) is 4.88 Å². The Labute approximate surface area is 129 Å². The van der Waals surface area contributed by atoms with Crippen molar-refractivity contribution in [3.8, 4) is 0 Å². The lowest BCUT2D eigenvalue weighted by Gasteiger charge is -2.23. The van der Waals surface area contributed by atoms with Crippen LogP contribution in [0.2, 0.25) is 0 Å². The van der Waals surface area contributed by atoms with E-state index in [-0.39, 0.29) is 6.04 Å². The SMILES string of the molecule is CN=C(NCc1cccs1)NCC(c1ccco1)N(C)C. The van der Waals surface area contributed by atoms with Gasteiger partial charge in [-0.1, -0.05) is 6.07 Å². The second-order valence-corrected chi connectivity index (χ2v) is 5.91. The molecule has 2 aromatic heterocycles. The summed E-state index contributed by atoms with van der Waals surface area (Å²) < 4.78 is 5.50. The summed E-state index contributed by atoms with van der Waals surface area (Å²) in [7, 11) is 5.86. The van der Waals surface area contributed by atoms with Crippen LogP contribution < -0.4 is 10.6 Å². The topological polar surface area (TPSA) is 52.8 Å². The molecule has 5 nitrogen and oxygen atoms in total. The molecular weight excluding hydrogens is 284 g/mol. The van der Waals surface area contributed by atoms with Crippen molar-refractivity contribution in [2.24, 2.45) is 4.99 Å². The van der Waals surface area contributed by atoms with Crippen molar-refractivity contribution in [2.75, 3.05) is 27.7 Å². The molecule has 0 amide bonds. The van der Waals surface area contributed by atoms with Crippen LogP contribution in [0.3, 0.4) is 0 Å². The molecule has 0 aromatic carbocycles. The maximum atomic E-state index is 5.50. The van der Waals surface area contributed by atoms with Crippen molar-refractivity contribution in [3.63, 3.8) is 0 Å². The molecule has 21 heavy (non-hydrogen) atoms. The molecule has 0 radical (unpaired) electrons. The molecule has 0 saturated heterocycles. The van der Waals surface area contributed by atoms with Crippen molar-refractivity contribution in [3.05, 3.63) is 46.5 Å². The summed E-state index contributed by atoms with van der Waals surface area (Å²) in [6, 6.07) is 8.23. The molecule has 0 aliphatic heterocycles. The molecule has 114 valence electrons. The molecule has 2 aromatic rings. The Kier molecular flexibility index (Phi) is 5.83. The molecule has 1 atom stereocenters. The number of furan rings is 1. The van der Waals surface area contributed by atoms with E-state index in [9.17, 15) is 0 Å². The first-order chi connectivity index (χ1) is 10.2. The Hall–Kier alpha value is -1.79. The average molecular weight is 306 g/mol. The molecule has 0 fully saturated rings. The van der Waals surface area contributed by atoms with Crippen molar-refractivity contribution >= 4 is 17.3 Å². The van der Waals surface area contributed by atoms with Gasteiger partial charge in [-0.15, -0.1) is 11.3 Å². The van der Waals surface area contributed by atoms with Crippen LogP contribution in [0.1, 0.15) is 16.7 Å². The third-order valence-corrected chi connectivity index (χ3v) is 4.07. The van der Waals surface area contributed by atoms with Gasteiger partial charge in [-0.2, -0.15) is 0 Å². The zero-order chi connectivity index (χ0) is 15.1. The van der Waals surface area contributed by atoms with Gasteiger partial charge in [0.25, 0.3) is 0 Å². The molecular formula is C15H22N4OS. The summed E-state index contributed by atoms with van der Waals surface area (Å²) in [6.45, 7) is 1.51. The quantitative estimate of drug-likeness (QED) is 0.635. The van der Waals surface area contributed by atoms with Gasteiger partial charge in [-0.05, 0) is 37.7 Å². The zero-order valence-electron chi connectivity index (χ0n) is 12.7. The second-order valence-electron chi connectivity index (χ2n) is 4.88. The fourth-order valence-electron chi connectivity index (χ4n) is 2.02. The number of hydrogen-bond donors (Lipinski definition) is 2. The predicted octanol–water partition coefficient (Wildman–Crippen LogP) is 2.31. The van der Waals surface area contributed by atoms with Gasteiger partial charge in [0.15, 0.2) is 5.96 Å². The van der Waals surface area contributed by atoms with Crippen LogP contribution in [0.4, 0.5) is 0 Å². The van der Waals surface area contributed by atoms with Crippen LogP contribution in [0.15, 0.2) is 45.3 Å². The molecule has 2 rings (SSSR count). The van der Waals surface area contributed by atoms with Gasteiger partial charge in [0.05, 0.1) is 18.8 Å². The Balaban J connectivity index is 1.86. The lowest BCUT2D eigenvalue weighted by molar-refractivity contribution is 0.258. The van der Waals surface area contributed by atoms with Crippen LogP contribution in [0.25, 0.3) is 0 Å². The van der Waals surface area contributed by atoms with E-state index in [2.05, 4.69) is 38.0 Å². The monoisotopic (exact) mass is 306 g/mol. The highest BCUT2D eigenvalue weighted by atomic mass is 32.1. The van der Waals surface area contributed by atoms with Gasteiger partial charge in [-0.3, -0.25) is 9.89 Å². The lowest BCUT2D eigenvalue weighted by atomic mass is 10.2. The van der Waals surface area contributed by atoms with Gasteiger partial charge in [0.2, 0.25) is 0 Å². The average Bonchev–Trinajstić information content (AvgIpc) is 3.15. The van der Waals surface area contributed by atoms with Crippen LogP contribution in [-0.4, -0.2) is 38.5 Å². The van der Waals surface area contributed by atoms with E-state index in [1.54, 1.807) is 24.6 Å². The maximum Gasteiger partial charge on any atom is 0.191 e. The number of likely N-dealkylation sites (N-methyl/N-ethyl adjacent to an activating group) is 1. The number of guanidine groups is 1. The van der Waals surface area contributed by atoms with Crippen molar-refractivity contribution < 1.29 is 4.42 Å². The summed E-state index contributed by atoms with van der Waals surface area (Å²) in [6.07, 6.45) is 1.70. The summed E-state index contributed by atoms with van der Waals surface area (Å²) in [5, 5.41) is 8.73. The van der Waals surface area contributed by atoms with Crippen LogP contribution in [0.5, 0.6) is 0 Å². The van der Waals surface area contributed by atoms with Gasteiger partial charge < -0.3 is 15.1 Å². The first kappa shape index (κ1) is 15.6. The molecule has 2 heterocycles. The van der Waals surface area contributed by atoms with Gasteiger partial charge >= 0.3 is 0 Å². The minimum absolute atomic E-state index is 0.167. The highest BCUT2D eigenvalue weighted by Crippen LogP contribution is 2.17. The number of hydrogen-bond acceptors (Lipinski definition) is 4. The largest absolute Gasteiger partial charge is 0.468 e. The predicted molar refractivity (Wildman–Crippen MR) is 87.7 cm³/mol. The van der Waals surface area contributed by atoms with Crippen LogP contribution >= 0.6 is 11.3 Å². The number of thiophene rings is 1. The molecule has 0 bridgehead atoms. The fraction of sp³-hybridized carbons (Fsp3) is 0.400. The normalized spacial score (nSPS) is 13.4. The molecule has 0 aliphatic carbocycles. The number of rotatable bonds is 6. The third kappa shape index (κ3) is 4.61. The Morgan fingerprint density at radius 2 is 2.19 bits per heavy atom. The first-order valence-corrected chi connectivity index (χ1v) is 7.75. The summed E-state index contributed by atoms with van der Waals surface area (Å²) in [5.41, 5.74) is 0. The first-order valence-electron chi connectivity index (χ1n) is 6.87. The third-order valence-electron chi connectivity index (χ3n) is 3.19. The van der Waals surface area contributed by atoms with E-state index < -0.39 is 0 Å². The van der Waals surface area contributed by atoms with E-state index in [1.807, 2.05) is 26.2 Å². The van der Waals surface area contributed by atoms with E-state index in [0.29, 0.717) is 0 Å². The number of nitrogens with one attached hydrogen (secondary N) is 2. The van der Waals surface area contributed by atoms with Gasteiger partial charge in [0, 0.05) is 18.5 Å². The second kappa shape index (κ2) is 7.85. The molecule has 0 saturated carbocycles. The van der Waals surface area contributed by atoms with E-state index in [0.717, 1.165) is 24.8 Å². The fourth-order valence-corrected chi connectivity index (χ4v) is 2.66. The summed E-state index contributed by atoms with van der Waals surface area (Å²) in [4.78, 5) is 7.66. The molecule has 6 heteroatoms. The van der Waals surface area contributed by atoms with Gasteiger partial charge in [-0.25, -0.2) is 0 Å². The molecule has 2 N–H and O–H groups in total. The van der Waals surface area contributed by atoms with Crippen molar-refractivity contribution in [1.82, 2.24) is 15.5 Å². The molecule has 0 spiro atoms. The Morgan fingerprint density at radius 3 is 2.76 bits per heavy atom. The van der Waals surface area contributed by atoms with Crippen LogP contribution in [-0.2, 0) is 6.54 Å². The number of aliphatic imine (C=N–C) groups is 1. The van der Waals surface area contributed by atoms with Gasteiger partial charge in [0.1, 0.15) is 5.76 Å². The summed E-state index contributed by atoms with van der Waals surface area (Å²) >= 11 is 1.73.